The number of hydrogen-bond acceptors (Lipinski definition) is 2. The second-order valence-electron chi connectivity index (χ2n) is 5.44. The molecule has 100 valence electrons. The standard InChI is InChI=1S/C16H18FNO/c1-2-15(19)16-13(7-10-8-14(16)18-9-10)11-3-5-12(17)6-4-11/h3-6,10,14,18H,2,7-9H2,1H3. The summed E-state index contributed by atoms with van der Waals surface area (Å²) in [4.78, 5) is 12.2. The van der Waals surface area contributed by atoms with Gasteiger partial charge in [0, 0.05) is 18.0 Å². The second kappa shape index (κ2) is 4.89. The van der Waals surface area contributed by atoms with Crippen molar-refractivity contribution >= 4 is 11.4 Å². The molecule has 3 heteroatoms. The molecule has 19 heavy (non-hydrogen) atoms. The molecule has 1 fully saturated rings. The van der Waals surface area contributed by atoms with E-state index in [4.69, 9.17) is 0 Å². The van der Waals surface area contributed by atoms with Gasteiger partial charge in [0.2, 0.25) is 0 Å². The number of carbonyl (C=O) groups is 1. The van der Waals surface area contributed by atoms with Crippen LogP contribution in [0.2, 0.25) is 0 Å². The molecule has 0 saturated carbocycles. The van der Waals surface area contributed by atoms with Crippen molar-refractivity contribution in [2.75, 3.05) is 6.54 Å². The molecule has 2 atom stereocenters. The average Bonchev–Trinajstić information content (AvgIpc) is 2.80. The van der Waals surface area contributed by atoms with E-state index in [0.717, 1.165) is 36.1 Å². The van der Waals surface area contributed by atoms with Crippen LogP contribution in [0.4, 0.5) is 4.39 Å². The van der Waals surface area contributed by atoms with Crippen LogP contribution in [0, 0.1) is 11.7 Å². The van der Waals surface area contributed by atoms with Gasteiger partial charge < -0.3 is 5.32 Å². The SMILES string of the molecule is CCC(=O)C1=C(c2ccc(F)cc2)CC2CNC1C2. The number of carbonyl (C=O) groups excluding carboxylic acids is 1. The minimum atomic E-state index is -0.232. The minimum Gasteiger partial charge on any atom is -0.309 e. The molecule has 0 radical (unpaired) electrons. The Kier molecular flexibility index (Phi) is 3.23. The number of allylic oxidation sites excluding steroid dienone is 1. The largest absolute Gasteiger partial charge is 0.309 e. The number of ketones is 1. The molecule has 0 aromatic heterocycles. The van der Waals surface area contributed by atoms with E-state index in [1.54, 1.807) is 12.1 Å². The fourth-order valence-electron chi connectivity index (χ4n) is 3.27. The zero-order valence-corrected chi connectivity index (χ0v) is 11.1. The lowest BCUT2D eigenvalue weighted by Gasteiger charge is -2.25. The van der Waals surface area contributed by atoms with Gasteiger partial charge in [0.05, 0.1) is 0 Å². The highest BCUT2D eigenvalue weighted by Gasteiger charge is 2.36. The van der Waals surface area contributed by atoms with Crippen LogP contribution in [-0.4, -0.2) is 18.4 Å². The Morgan fingerprint density at radius 2 is 2.11 bits per heavy atom. The summed E-state index contributed by atoms with van der Waals surface area (Å²) in [5.74, 6) is 0.597. The van der Waals surface area contributed by atoms with Gasteiger partial charge in [-0.05, 0) is 48.6 Å². The Bertz CT molecular complexity index is 532. The fraction of sp³-hybridized carbons (Fsp3) is 0.438. The van der Waals surface area contributed by atoms with Crippen LogP contribution in [0.1, 0.15) is 31.7 Å². The summed E-state index contributed by atoms with van der Waals surface area (Å²) in [6, 6.07) is 6.73. The number of halogens is 1. The number of hydrogen-bond donors (Lipinski definition) is 1. The quantitative estimate of drug-likeness (QED) is 0.904. The van der Waals surface area contributed by atoms with Crippen LogP contribution in [-0.2, 0) is 4.79 Å². The van der Waals surface area contributed by atoms with Crippen molar-refractivity contribution in [3.8, 4) is 0 Å². The molecule has 0 amide bonds. The van der Waals surface area contributed by atoms with Crippen molar-refractivity contribution in [1.82, 2.24) is 5.32 Å². The lowest BCUT2D eigenvalue weighted by molar-refractivity contribution is -0.115. The van der Waals surface area contributed by atoms with E-state index in [2.05, 4.69) is 5.32 Å². The predicted octanol–water partition coefficient (Wildman–Crippen LogP) is 2.94. The molecule has 1 N–H and O–H groups in total. The Morgan fingerprint density at radius 1 is 1.37 bits per heavy atom. The molecule has 2 unspecified atom stereocenters. The van der Waals surface area contributed by atoms with Gasteiger partial charge in [0.15, 0.2) is 5.78 Å². The monoisotopic (exact) mass is 259 g/mol. The number of rotatable bonds is 3. The first kappa shape index (κ1) is 12.5. The molecule has 1 aliphatic carbocycles. The highest BCUT2D eigenvalue weighted by molar-refractivity contribution is 6.04. The molecular weight excluding hydrogens is 241 g/mol. The Balaban J connectivity index is 2.07. The normalized spacial score (nSPS) is 25.8. The first-order chi connectivity index (χ1) is 9.19. The first-order valence-electron chi connectivity index (χ1n) is 6.94. The second-order valence-corrected chi connectivity index (χ2v) is 5.44. The smallest absolute Gasteiger partial charge is 0.160 e. The van der Waals surface area contributed by atoms with Gasteiger partial charge >= 0.3 is 0 Å². The van der Waals surface area contributed by atoms with Gasteiger partial charge in [-0.1, -0.05) is 19.1 Å². The van der Waals surface area contributed by atoms with Crippen molar-refractivity contribution in [3.05, 3.63) is 41.2 Å². The van der Waals surface area contributed by atoms with Crippen LogP contribution >= 0.6 is 0 Å². The minimum absolute atomic E-state index is 0.200. The van der Waals surface area contributed by atoms with Crippen molar-refractivity contribution in [3.63, 3.8) is 0 Å². The summed E-state index contributed by atoms with van der Waals surface area (Å²) in [5.41, 5.74) is 3.05. The molecule has 2 nitrogen and oxygen atoms in total. The maximum Gasteiger partial charge on any atom is 0.160 e. The van der Waals surface area contributed by atoms with Crippen molar-refractivity contribution in [2.45, 2.75) is 32.2 Å². The van der Waals surface area contributed by atoms with Gasteiger partial charge in [0.25, 0.3) is 0 Å². The predicted molar refractivity (Wildman–Crippen MR) is 73.1 cm³/mol. The molecule has 2 bridgehead atoms. The third-order valence-electron chi connectivity index (χ3n) is 4.20. The zero-order valence-electron chi connectivity index (χ0n) is 11.1. The summed E-state index contributed by atoms with van der Waals surface area (Å²) in [6.45, 7) is 2.88. The van der Waals surface area contributed by atoms with Crippen molar-refractivity contribution < 1.29 is 9.18 Å². The number of fused-ring (bicyclic) bond motifs is 2. The van der Waals surface area contributed by atoms with E-state index in [-0.39, 0.29) is 17.6 Å². The topological polar surface area (TPSA) is 29.1 Å². The van der Waals surface area contributed by atoms with Crippen LogP contribution < -0.4 is 5.32 Å². The maximum absolute atomic E-state index is 13.0. The van der Waals surface area contributed by atoms with E-state index in [1.165, 1.54) is 12.1 Å². The van der Waals surface area contributed by atoms with Gasteiger partial charge in [-0.15, -0.1) is 0 Å². The average molecular weight is 259 g/mol. The lowest BCUT2D eigenvalue weighted by Crippen LogP contribution is -2.29. The highest BCUT2D eigenvalue weighted by Crippen LogP contribution is 2.39. The Morgan fingerprint density at radius 3 is 2.79 bits per heavy atom. The first-order valence-corrected chi connectivity index (χ1v) is 6.94. The summed E-state index contributed by atoms with van der Waals surface area (Å²) >= 11 is 0. The Labute approximate surface area is 112 Å². The Hall–Kier alpha value is -1.48. The van der Waals surface area contributed by atoms with E-state index in [0.29, 0.717) is 12.3 Å². The maximum atomic E-state index is 13.0. The fourth-order valence-corrected chi connectivity index (χ4v) is 3.27. The van der Waals surface area contributed by atoms with Crippen LogP contribution in [0.25, 0.3) is 5.57 Å². The molecule has 2 aliphatic rings. The van der Waals surface area contributed by atoms with Crippen LogP contribution in [0.3, 0.4) is 0 Å². The molecule has 0 spiro atoms. The van der Waals surface area contributed by atoms with E-state index >= 15 is 0 Å². The zero-order chi connectivity index (χ0) is 13.4. The molecule has 1 aliphatic heterocycles. The van der Waals surface area contributed by atoms with E-state index in [9.17, 15) is 9.18 Å². The van der Waals surface area contributed by atoms with Gasteiger partial charge in [-0.3, -0.25) is 4.79 Å². The van der Waals surface area contributed by atoms with Gasteiger partial charge in [0.1, 0.15) is 5.82 Å². The summed E-state index contributed by atoms with van der Waals surface area (Å²) < 4.78 is 13.0. The highest BCUT2D eigenvalue weighted by atomic mass is 19.1. The van der Waals surface area contributed by atoms with Crippen molar-refractivity contribution in [2.24, 2.45) is 5.92 Å². The molecule has 1 aromatic rings. The molecule has 1 aromatic carbocycles. The summed E-state index contributed by atoms with van der Waals surface area (Å²) in [5, 5.41) is 3.44. The van der Waals surface area contributed by atoms with Crippen LogP contribution in [0.15, 0.2) is 29.8 Å². The van der Waals surface area contributed by atoms with Gasteiger partial charge in [-0.2, -0.15) is 0 Å². The molecule has 1 heterocycles. The summed E-state index contributed by atoms with van der Waals surface area (Å²) in [7, 11) is 0. The van der Waals surface area contributed by atoms with Crippen molar-refractivity contribution in [1.29, 1.82) is 0 Å². The summed E-state index contributed by atoms with van der Waals surface area (Å²) in [6.07, 6.45) is 2.52. The lowest BCUT2D eigenvalue weighted by atomic mass is 9.79. The van der Waals surface area contributed by atoms with E-state index in [1.807, 2.05) is 6.92 Å². The van der Waals surface area contributed by atoms with Gasteiger partial charge in [-0.25, -0.2) is 4.39 Å². The number of benzene rings is 1. The van der Waals surface area contributed by atoms with E-state index < -0.39 is 0 Å². The molecule has 3 rings (SSSR count). The number of nitrogens with one attached hydrogen (secondary N) is 1. The number of Topliss-reactive ketones (excluding diaryl/α,β-unsaturated/α-hetero) is 1. The third kappa shape index (κ3) is 2.23. The van der Waals surface area contributed by atoms with Crippen LogP contribution in [0.5, 0.6) is 0 Å². The molecular formula is C16H18FNO. The molecule has 1 saturated heterocycles. The third-order valence-corrected chi connectivity index (χ3v) is 4.20.